The fraction of sp³-hybridized carbons (Fsp3) is 0.278. The Morgan fingerprint density at radius 1 is 1.08 bits per heavy atom. The van der Waals surface area contributed by atoms with Crippen molar-refractivity contribution in [1.82, 2.24) is 0 Å². The molecule has 132 valence electrons. The van der Waals surface area contributed by atoms with Gasteiger partial charge >= 0.3 is 6.80 Å². The zero-order valence-corrected chi connectivity index (χ0v) is 16.6. The highest BCUT2D eigenvalue weighted by Gasteiger charge is 2.26. The molecule has 0 aliphatic carbocycles. The first kappa shape index (κ1) is 18.5. The van der Waals surface area contributed by atoms with Gasteiger partial charge in [0, 0.05) is 25.9 Å². The van der Waals surface area contributed by atoms with E-state index in [1.807, 2.05) is 37.3 Å². The van der Waals surface area contributed by atoms with Crippen molar-refractivity contribution in [3.63, 3.8) is 0 Å². The second-order valence-corrected chi connectivity index (χ2v) is 10.6. The van der Waals surface area contributed by atoms with E-state index in [0.29, 0.717) is 28.9 Å². The fourth-order valence-electron chi connectivity index (χ4n) is 2.42. The van der Waals surface area contributed by atoms with E-state index in [1.54, 1.807) is 30.4 Å². The number of fused-ring (bicyclic) bond motifs is 2. The van der Waals surface area contributed by atoms with Gasteiger partial charge in [-0.1, -0.05) is 19.1 Å². The average Bonchev–Trinajstić information content (AvgIpc) is 2.61. The molecule has 1 unspecified atom stereocenters. The lowest BCUT2D eigenvalue weighted by atomic mass is 10.2. The van der Waals surface area contributed by atoms with Gasteiger partial charge in [-0.25, -0.2) is 4.57 Å². The standard InChI is InChI=1S/C18H19O4PS2/c1-3-11-24-23(20,21-4-2)22-13-9-10-17-15(12-13)18(19)14-7-5-6-8-16(14)25-17/h5-10,12H,3-4,11H2,1-2H3. The number of hydrogen-bond acceptors (Lipinski definition) is 6. The quantitative estimate of drug-likeness (QED) is 0.359. The van der Waals surface area contributed by atoms with E-state index in [9.17, 15) is 9.36 Å². The molecular formula is C18H19O4PS2. The molecule has 7 heteroatoms. The SMILES string of the molecule is CCCSP(=O)(OCC)Oc1ccc2sc3ccccc3c(=O)c2c1. The minimum atomic E-state index is -3.28. The molecule has 1 atom stereocenters. The fourth-order valence-corrected chi connectivity index (χ4v) is 6.92. The van der Waals surface area contributed by atoms with Gasteiger partial charge in [-0.2, -0.15) is 0 Å². The third-order valence-electron chi connectivity index (χ3n) is 3.51. The summed E-state index contributed by atoms with van der Waals surface area (Å²) in [5.41, 5.74) is -0.0396. The van der Waals surface area contributed by atoms with Crippen LogP contribution < -0.4 is 9.95 Å². The Bertz CT molecular complexity index is 999. The van der Waals surface area contributed by atoms with E-state index < -0.39 is 6.80 Å². The molecule has 0 amide bonds. The van der Waals surface area contributed by atoms with Crippen LogP contribution in [-0.4, -0.2) is 12.4 Å². The van der Waals surface area contributed by atoms with E-state index in [0.717, 1.165) is 15.8 Å². The van der Waals surface area contributed by atoms with Crippen LogP contribution in [0.5, 0.6) is 5.75 Å². The van der Waals surface area contributed by atoms with Gasteiger partial charge in [0.1, 0.15) is 5.75 Å². The second-order valence-electron chi connectivity index (χ2n) is 5.37. The zero-order valence-electron chi connectivity index (χ0n) is 14.1. The molecule has 25 heavy (non-hydrogen) atoms. The van der Waals surface area contributed by atoms with Crippen LogP contribution >= 0.6 is 29.5 Å². The van der Waals surface area contributed by atoms with Crippen LogP contribution in [0.4, 0.5) is 0 Å². The molecule has 3 aromatic rings. The lowest BCUT2D eigenvalue weighted by Crippen LogP contribution is -2.01. The summed E-state index contributed by atoms with van der Waals surface area (Å²) in [7, 11) is 0. The average molecular weight is 394 g/mol. The monoisotopic (exact) mass is 394 g/mol. The maximum Gasteiger partial charge on any atom is 0.440 e. The molecule has 0 aliphatic rings. The Morgan fingerprint density at radius 2 is 1.84 bits per heavy atom. The lowest BCUT2D eigenvalue weighted by molar-refractivity contribution is 0.296. The first-order chi connectivity index (χ1) is 12.1. The summed E-state index contributed by atoms with van der Waals surface area (Å²) < 4.78 is 25.7. The van der Waals surface area contributed by atoms with E-state index in [1.165, 1.54) is 11.4 Å². The van der Waals surface area contributed by atoms with Gasteiger partial charge in [-0.15, -0.1) is 11.3 Å². The summed E-state index contributed by atoms with van der Waals surface area (Å²) in [6, 6.07) is 12.8. The number of rotatable bonds is 7. The van der Waals surface area contributed by atoms with Crippen molar-refractivity contribution in [3.05, 3.63) is 52.7 Å². The largest absolute Gasteiger partial charge is 0.440 e. The number of benzene rings is 2. The van der Waals surface area contributed by atoms with Gasteiger partial charge in [-0.05, 0) is 55.1 Å². The van der Waals surface area contributed by atoms with Crippen molar-refractivity contribution in [2.45, 2.75) is 20.3 Å². The summed E-state index contributed by atoms with van der Waals surface area (Å²) in [6.07, 6.45) is 0.876. The smallest absolute Gasteiger partial charge is 0.417 e. The molecule has 3 rings (SSSR count). The highest BCUT2D eigenvalue weighted by atomic mass is 32.7. The van der Waals surface area contributed by atoms with Crippen LogP contribution in [-0.2, 0) is 9.09 Å². The molecule has 0 fully saturated rings. The highest BCUT2D eigenvalue weighted by Crippen LogP contribution is 2.60. The molecule has 0 radical (unpaired) electrons. The van der Waals surface area contributed by atoms with Crippen molar-refractivity contribution >= 4 is 49.7 Å². The summed E-state index contributed by atoms with van der Waals surface area (Å²) in [4.78, 5) is 12.7. The van der Waals surface area contributed by atoms with Crippen molar-refractivity contribution < 1.29 is 13.6 Å². The van der Waals surface area contributed by atoms with Crippen LogP contribution in [0.2, 0.25) is 0 Å². The van der Waals surface area contributed by atoms with Crippen LogP contribution in [0.3, 0.4) is 0 Å². The van der Waals surface area contributed by atoms with Crippen LogP contribution in [0.15, 0.2) is 47.3 Å². The van der Waals surface area contributed by atoms with Crippen LogP contribution in [0.1, 0.15) is 20.3 Å². The maximum atomic E-state index is 12.8. The Kier molecular flexibility index (Phi) is 5.85. The topological polar surface area (TPSA) is 52.6 Å². The molecular weight excluding hydrogens is 375 g/mol. The van der Waals surface area contributed by atoms with Gasteiger partial charge in [0.05, 0.1) is 6.61 Å². The molecule has 0 N–H and O–H groups in total. The second kappa shape index (κ2) is 7.92. The van der Waals surface area contributed by atoms with Gasteiger partial charge in [-0.3, -0.25) is 9.32 Å². The predicted octanol–water partition coefficient (Wildman–Crippen LogP) is 6.08. The van der Waals surface area contributed by atoms with E-state index in [2.05, 4.69) is 0 Å². The Balaban J connectivity index is 2.03. The van der Waals surface area contributed by atoms with E-state index in [-0.39, 0.29) is 5.43 Å². The summed E-state index contributed by atoms with van der Waals surface area (Å²) in [5, 5.41) is 1.26. The molecule has 0 bridgehead atoms. The molecule has 0 saturated heterocycles. The Hall–Kier alpha value is -1.33. The summed E-state index contributed by atoms with van der Waals surface area (Å²) >= 11 is 2.75. The minimum Gasteiger partial charge on any atom is -0.417 e. The van der Waals surface area contributed by atoms with Crippen molar-refractivity contribution in [2.75, 3.05) is 12.4 Å². The molecule has 0 saturated carbocycles. The summed E-state index contributed by atoms with van der Waals surface area (Å²) in [6.45, 7) is 0.819. The highest BCUT2D eigenvalue weighted by molar-refractivity contribution is 8.55. The first-order valence-corrected chi connectivity index (χ1v) is 12.1. The Morgan fingerprint density at radius 3 is 2.60 bits per heavy atom. The molecule has 0 aliphatic heterocycles. The van der Waals surface area contributed by atoms with Crippen molar-refractivity contribution in [2.24, 2.45) is 0 Å². The lowest BCUT2D eigenvalue weighted by Gasteiger charge is -2.17. The molecule has 0 spiro atoms. The van der Waals surface area contributed by atoms with Crippen molar-refractivity contribution in [1.29, 1.82) is 0 Å². The Labute approximate surface area is 154 Å². The van der Waals surface area contributed by atoms with Gasteiger partial charge in [0.2, 0.25) is 0 Å². The first-order valence-electron chi connectivity index (χ1n) is 8.10. The third kappa shape index (κ3) is 4.09. The summed E-state index contributed by atoms with van der Waals surface area (Å²) in [5.74, 6) is 1.08. The predicted molar refractivity (Wildman–Crippen MR) is 108 cm³/mol. The van der Waals surface area contributed by atoms with Gasteiger partial charge in [0.25, 0.3) is 0 Å². The van der Waals surface area contributed by atoms with Crippen LogP contribution in [0.25, 0.3) is 20.2 Å². The van der Waals surface area contributed by atoms with Crippen molar-refractivity contribution in [3.8, 4) is 5.75 Å². The molecule has 1 aromatic heterocycles. The van der Waals surface area contributed by atoms with E-state index in [4.69, 9.17) is 9.05 Å². The minimum absolute atomic E-state index is 0.0396. The zero-order chi connectivity index (χ0) is 17.9. The normalized spacial score (nSPS) is 13.8. The van der Waals surface area contributed by atoms with Gasteiger partial charge in [0.15, 0.2) is 5.43 Å². The molecule has 1 heterocycles. The molecule has 2 aromatic carbocycles. The van der Waals surface area contributed by atoms with Crippen LogP contribution in [0, 0.1) is 0 Å². The van der Waals surface area contributed by atoms with Gasteiger partial charge < -0.3 is 4.52 Å². The molecule has 4 nitrogen and oxygen atoms in total. The number of hydrogen-bond donors (Lipinski definition) is 0. The maximum absolute atomic E-state index is 12.8. The third-order valence-corrected chi connectivity index (χ3v) is 8.61. The van der Waals surface area contributed by atoms with E-state index >= 15 is 0 Å².